The molecule has 1 saturated heterocycles. The SMILES string of the molecule is COc1ccc(C(=O)c2ccccc2)cc1CN1CCCCC1.Cl. The van der Waals surface area contributed by atoms with Crippen LogP contribution in [0.5, 0.6) is 5.75 Å². The van der Waals surface area contributed by atoms with Gasteiger partial charge in [0, 0.05) is 23.2 Å². The van der Waals surface area contributed by atoms with E-state index in [1.54, 1.807) is 7.11 Å². The molecular weight excluding hydrogens is 322 g/mol. The molecule has 0 saturated carbocycles. The summed E-state index contributed by atoms with van der Waals surface area (Å²) in [7, 11) is 1.69. The molecule has 2 aromatic rings. The average Bonchev–Trinajstić information content (AvgIpc) is 2.62. The lowest BCUT2D eigenvalue weighted by Gasteiger charge is -2.27. The summed E-state index contributed by atoms with van der Waals surface area (Å²) in [5.41, 5.74) is 2.54. The Morgan fingerprint density at radius 2 is 1.71 bits per heavy atom. The second-order valence-corrected chi connectivity index (χ2v) is 6.06. The molecule has 0 N–H and O–H groups in total. The lowest BCUT2D eigenvalue weighted by molar-refractivity contribution is 0.103. The van der Waals surface area contributed by atoms with Gasteiger partial charge in [-0.05, 0) is 44.1 Å². The van der Waals surface area contributed by atoms with Crippen LogP contribution in [0.1, 0.15) is 40.7 Å². The van der Waals surface area contributed by atoms with Gasteiger partial charge in [-0.1, -0.05) is 36.8 Å². The Morgan fingerprint density at radius 3 is 2.38 bits per heavy atom. The van der Waals surface area contributed by atoms with Crippen molar-refractivity contribution in [2.45, 2.75) is 25.8 Å². The number of carbonyl (C=O) groups excluding carboxylic acids is 1. The molecule has 1 heterocycles. The van der Waals surface area contributed by atoms with E-state index in [9.17, 15) is 4.79 Å². The highest BCUT2D eigenvalue weighted by atomic mass is 35.5. The number of hydrogen-bond acceptors (Lipinski definition) is 3. The maximum Gasteiger partial charge on any atom is 0.193 e. The number of halogens is 1. The fourth-order valence-corrected chi connectivity index (χ4v) is 3.16. The summed E-state index contributed by atoms with van der Waals surface area (Å²) in [6, 6.07) is 15.2. The Morgan fingerprint density at radius 1 is 1.00 bits per heavy atom. The predicted molar refractivity (Wildman–Crippen MR) is 99.2 cm³/mol. The Hall–Kier alpha value is -1.84. The first kappa shape index (κ1) is 18.5. The van der Waals surface area contributed by atoms with Crippen LogP contribution in [0.3, 0.4) is 0 Å². The smallest absolute Gasteiger partial charge is 0.193 e. The first-order chi connectivity index (χ1) is 11.3. The highest BCUT2D eigenvalue weighted by molar-refractivity contribution is 6.09. The van der Waals surface area contributed by atoms with Crippen molar-refractivity contribution in [3.05, 3.63) is 65.2 Å². The van der Waals surface area contributed by atoms with E-state index in [4.69, 9.17) is 4.74 Å². The summed E-state index contributed by atoms with van der Waals surface area (Å²) in [6.07, 6.45) is 3.83. The number of nitrogens with zero attached hydrogens (tertiary/aromatic N) is 1. The van der Waals surface area contributed by atoms with E-state index in [1.807, 2.05) is 48.5 Å². The second-order valence-electron chi connectivity index (χ2n) is 6.06. The van der Waals surface area contributed by atoms with Crippen LogP contribution >= 0.6 is 12.4 Å². The number of methoxy groups -OCH3 is 1. The number of ketones is 1. The topological polar surface area (TPSA) is 29.5 Å². The number of ether oxygens (including phenoxy) is 1. The first-order valence-corrected chi connectivity index (χ1v) is 8.27. The van der Waals surface area contributed by atoms with Crippen molar-refractivity contribution in [3.63, 3.8) is 0 Å². The summed E-state index contributed by atoms with van der Waals surface area (Å²) in [4.78, 5) is 15.1. The van der Waals surface area contributed by atoms with Gasteiger partial charge in [0.15, 0.2) is 5.78 Å². The lowest BCUT2D eigenvalue weighted by Crippen LogP contribution is -2.29. The Balaban J connectivity index is 0.00000208. The van der Waals surface area contributed by atoms with Crippen molar-refractivity contribution in [2.75, 3.05) is 20.2 Å². The molecular formula is C20H24ClNO2. The van der Waals surface area contributed by atoms with Crippen molar-refractivity contribution in [3.8, 4) is 5.75 Å². The van der Waals surface area contributed by atoms with Crippen LogP contribution < -0.4 is 4.74 Å². The van der Waals surface area contributed by atoms with Crippen molar-refractivity contribution >= 4 is 18.2 Å². The molecule has 0 bridgehead atoms. The molecule has 3 nitrogen and oxygen atoms in total. The summed E-state index contributed by atoms with van der Waals surface area (Å²) in [6.45, 7) is 3.10. The average molecular weight is 346 g/mol. The maximum absolute atomic E-state index is 12.6. The van der Waals surface area contributed by atoms with E-state index >= 15 is 0 Å². The highest BCUT2D eigenvalue weighted by Gasteiger charge is 2.16. The first-order valence-electron chi connectivity index (χ1n) is 8.27. The van der Waals surface area contributed by atoms with Crippen LogP contribution in [0, 0.1) is 0 Å². The summed E-state index contributed by atoms with van der Waals surface area (Å²) in [5, 5.41) is 0. The number of piperidine rings is 1. The van der Waals surface area contributed by atoms with Crippen molar-refractivity contribution in [1.29, 1.82) is 0 Å². The number of benzene rings is 2. The van der Waals surface area contributed by atoms with Gasteiger partial charge in [0.05, 0.1) is 7.11 Å². The molecule has 1 fully saturated rings. The number of hydrogen-bond donors (Lipinski definition) is 0. The normalized spacial score (nSPS) is 14.7. The molecule has 1 aliphatic rings. The van der Waals surface area contributed by atoms with E-state index in [2.05, 4.69) is 4.90 Å². The molecule has 24 heavy (non-hydrogen) atoms. The van der Waals surface area contributed by atoms with Crippen LogP contribution in [-0.2, 0) is 6.54 Å². The minimum atomic E-state index is 0. The quantitative estimate of drug-likeness (QED) is 0.755. The van der Waals surface area contributed by atoms with Gasteiger partial charge in [0.25, 0.3) is 0 Å². The second kappa shape index (κ2) is 8.86. The van der Waals surface area contributed by atoms with Gasteiger partial charge in [-0.25, -0.2) is 0 Å². The van der Waals surface area contributed by atoms with Gasteiger partial charge in [0.2, 0.25) is 0 Å². The standard InChI is InChI=1S/C20H23NO2.ClH/c1-23-19-11-10-17(20(22)16-8-4-2-5-9-16)14-18(19)15-21-12-6-3-7-13-21;/h2,4-5,8-11,14H,3,6-7,12-13,15H2,1H3;1H. The van der Waals surface area contributed by atoms with Crippen LogP contribution in [0.15, 0.2) is 48.5 Å². The summed E-state index contributed by atoms with van der Waals surface area (Å²) < 4.78 is 5.49. The summed E-state index contributed by atoms with van der Waals surface area (Å²) in [5.74, 6) is 0.924. The van der Waals surface area contributed by atoms with Gasteiger partial charge in [-0.3, -0.25) is 9.69 Å². The van der Waals surface area contributed by atoms with Crippen molar-refractivity contribution in [2.24, 2.45) is 0 Å². The van der Waals surface area contributed by atoms with Gasteiger partial charge >= 0.3 is 0 Å². The molecule has 0 radical (unpaired) electrons. The van der Waals surface area contributed by atoms with Crippen molar-refractivity contribution in [1.82, 2.24) is 4.90 Å². The summed E-state index contributed by atoms with van der Waals surface area (Å²) >= 11 is 0. The Kier molecular flexibility index (Phi) is 6.83. The highest BCUT2D eigenvalue weighted by Crippen LogP contribution is 2.24. The molecule has 0 aliphatic carbocycles. The number of rotatable bonds is 5. The van der Waals surface area contributed by atoms with E-state index in [1.165, 1.54) is 19.3 Å². The van der Waals surface area contributed by atoms with Crippen LogP contribution in [0.4, 0.5) is 0 Å². The zero-order chi connectivity index (χ0) is 16.1. The molecule has 0 atom stereocenters. The van der Waals surface area contributed by atoms with Crippen LogP contribution in [0.25, 0.3) is 0 Å². The molecule has 0 unspecified atom stereocenters. The maximum atomic E-state index is 12.6. The van der Waals surface area contributed by atoms with Gasteiger partial charge in [-0.15, -0.1) is 12.4 Å². The Bertz CT molecular complexity index is 667. The molecule has 4 heteroatoms. The molecule has 3 rings (SSSR count). The minimum Gasteiger partial charge on any atom is -0.496 e. The largest absolute Gasteiger partial charge is 0.496 e. The third kappa shape index (κ3) is 4.37. The van der Waals surface area contributed by atoms with E-state index in [-0.39, 0.29) is 18.2 Å². The Labute approximate surface area is 150 Å². The zero-order valence-electron chi connectivity index (χ0n) is 14.0. The van der Waals surface area contributed by atoms with E-state index in [0.29, 0.717) is 0 Å². The number of carbonyl (C=O) groups is 1. The van der Waals surface area contributed by atoms with Crippen LogP contribution in [-0.4, -0.2) is 30.9 Å². The van der Waals surface area contributed by atoms with Gasteiger partial charge in [-0.2, -0.15) is 0 Å². The fourth-order valence-electron chi connectivity index (χ4n) is 3.16. The molecule has 1 aliphatic heterocycles. The van der Waals surface area contributed by atoms with E-state index in [0.717, 1.165) is 42.1 Å². The lowest BCUT2D eigenvalue weighted by atomic mass is 10.00. The van der Waals surface area contributed by atoms with Gasteiger partial charge in [0.1, 0.15) is 5.75 Å². The third-order valence-electron chi connectivity index (χ3n) is 4.42. The molecule has 0 aromatic heterocycles. The van der Waals surface area contributed by atoms with Crippen molar-refractivity contribution < 1.29 is 9.53 Å². The fraction of sp³-hybridized carbons (Fsp3) is 0.350. The van der Waals surface area contributed by atoms with Crippen LogP contribution in [0.2, 0.25) is 0 Å². The minimum absolute atomic E-state index is 0. The van der Waals surface area contributed by atoms with E-state index < -0.39 is 0 Å². The molecule has 128 valence electrons. The zero-order valence-corrected chi connectivity index (χ0v) is 14.8. The predicted octanol–water partition coefficient (Wildman–Crippen LogP) is 4.33. The number of likely N-dealkylation sites (tertiary alicyclic amines) is 1. The molecule has 0 amide bonds. The monoisotopic (exact) mass is 345 g/mol. The molecule has 2 aromatic carbocycles. The third-order valence-corrected chi connectivity index (χ3v) is 4.42. The van der Waals surface area contributed by atoms with Gasteiger partial charge < -0.3 is 4.74 Å². The molecule has 0 spiro atoms.